The summed E-state index contributed by atoms with van der Waals surface area (Å²) in [6.45, 7) is 38.4. The van der Waals surface area contributed by atoms with Gasteiger partial charge in [-0.25, -0.2) is 0 Å². The monoisotopic (exact) mass is 749 g/mol. The van der Waals surface area contributed by atoms with Gasteiger partial charge in [0.2, 0.25) is 0 Å². The average Bonchev–Trinajstić information content (AvgIpc) is 3.60. The second kappa shape index (κ2) is 17.9. The van der Waals surface area contributed by atoms with Gasteiger partial charge in [0.15, 0.2) is 0 Å². The molecule has 2 fully saturated rings. The van der Waals surface area contributed by atoms with E-state index < -0.39 is 24.7 Å². The molecule has 4 aliphatic rings. The van der Waals surface area contributed by atoms with Gasteiger partial charge in [-0.15, -0.1) is 13.2 Å². The third kappa shape index (κ3) is 8.66. The summed E-state index contributed by atoms with van der Waals surface area (Å²) in [5, 5.41) is 0. The maximum absolute atomic E-state index is 7.58. The van der Waals surface area contributed by atoms with Crippen molar-refractivity contribution in [2.45, 2.75) is 179 Å². The van der Waals surface area contributed by atoms with Gasteiger partial charge in [-0.2, -0.15) is 0 Å². The van der Waals surface area contributed by atoms with Gasteiger partial charge in [-0.05, 0) is 120 Å². The van der Waals surface area contributed by atoms with E-state index in [9.17, 15) is 0 Å². The first-order chi connectivity index (χ1) is 24.1. The molecule has 8 atom stereocenters. The minimum atomic E-state index is -2.01. The molecule has 4 rings (SSSR count). The molecule has 2 saturated carbocycles. The predicted molar refractivity (Wildman–Crippen MR) is 233 cm³/mol. The van der Waals surface area contributed by atoms with E-state index in [0.717, 1.165) is 35.8 Å². The molecule has 0 amide bonds. The second-order valence-corrected chi connectivity index (χ2v) is 34.2. The van der Waals surface area contributed by atoms with E-state index in [-0.39, 0.29) is 0 Å². The van der Waals surface area contributed by atoms with Crippen molar-refractivity contribution < 1.29 is 8.85 Å². The predicted octanol–water partition coefficient (Wildman–Crippen LogP) is 15.2. The van der Waals surface area contributed by atoms with Gasteiger partial charge in [0.05, 0.1) is 19.6 Å². The summed E-state index contributed by atoms with van der Waals surface area (Å²) >= 11 is 0. The van der Waals surface area contributed by atoms with Crippen LogP contribution in [0.4, 0.5) is 0 Å². The van der Waals surface area contributed by atoms with Crippen LogP contribution in [0.1, 0.15) is 121 Å². The summed E-state index contributed by atoms with van der Waals surface area (Å²) in [7, 11) is -5.79. The molecule has 0 saturated heterocycles. The Bertz CT molecular complexity index is 1170. The zero-order chi connectivity index (χ0) is 37.7. The van der Waals surface area contributed by atoms with Crippen LogP contribution in [0, 0.1) is 35.5 Å². The molecule has 4 aliphatic carbocycles. The Morgan fingerprint density at radius 2 is 0.980 bits per heavy atom. The topological polar surface area (TPSA) is 18.5 Å². The molecule has 8 unspecified atom stereocenters. The van der Waals surface area contributed by atoms with Crippen molar-refractivity contribution in [3.05, 3.63) is 73.3 Å². The first-order valence-electron chi connectivity index (χ1n) is 21.4. The fraction of sp³-hybridized carbons (Fsp3) is 0.739. The normalized spacial score (nSPS) is 29.4. The molecule has 0 aromatic carbocycles. The summed E-state index contributed by atoms with van der Waals surface area (Å²) in [4.78, 5) is 0. The van der Waals surface area contributed by atoms with Crippen LogP contribution in [0.25, 0.3) is 0 Å². The van der Waals surface area contributed by atoms with E-state index in [1.807, 2.05) is 0 Å². The van der Waals surface area contributed by atoms with Crippen molar-refractivity contribution in [1.29, 1.82) is 0 Å². The van der Waals surface area contributed by atoms with Crippen LogP contribution in [-0.2, 0) is 8.85 Å². The fourth-order valence-corrected chi connectivity index (χ4v) is 27.7. The smallest absolute Gasteiger partial charge is 0.255 e. The third-order valence-electron chi connectivity index (χ3n) is 14.8. The molecule has 51 heavy (non-hydrogen) atoms. The molecular weight excluding hydrogens is 669 g/mol. The Balaban J connectivity index is 1.57. The van der Waals surface area contributed by atoms with Gasteiger partial charge in [0, 0.05) is 11.8 Å². The van der Waals surface area contributed by atoms with Crippen molar-refractivity contribution in [3.8, 4) is 0 Å². The summed E-state index contributed by atoms with van der Waals surface area (Å²) < 4.78 is 15.2. The maximum atomic E-state index is 7.58. The Kier molecular flexibility index (Phi) is 14.9. The number of hydrogen-bond acceptors (Lipinski definition) is 2. The molecule has 0 aromatic rings. The summed E-state index contributed by atoms with van der Waals surface area (Å²) in [5.74, 6) is 6.44. The van der Waals surface area contributed by atoms with Crippen molar-refractivity contribution in [2.75, 3.05) is 0 Å². The molecular formula is C46H80O2Si3. The first-order valence-corrected chi connectivity index (χ1v) is 29.1. The van der Waals surface area contributed by atoms with Crippen molar-refractivity contribution in [1.82, 2.24) is 0 Å². The van der Waals surface area contributed by atoms with E-state index in [4.69, 9.17) is 8.85 Å². The molecule has 0 radical (unpaired) electrons. The van der Waals surface area contributed by atoms with Crippen LogP contribution >= 0.6 is 0 Å². The minimum Gasteiger partial charge on any atom is -0.546 e. The standard InChI is InChI=1S/C46H80O2Si3/c1-15-17-19-21-29-50(33(3)4,34(5)6)47-43-27-23-25-39-41(43)31-37(11)45(39)49(13,14)46-38(12)32-42-40(46)26-24-28-44(42)48-51(35(7)8,36(9)10)30-22-20-18-16-2/h15-16,23-28,33-42,45-46H,1-2,17-22,29-32H2,3-14H3. The molecule has 0 bridgehead atoms. The highest BCUT2D eigenvalue weighted by Crippen LogP contribution is 2.64. The second-order valence-electron chi connectivity index (χ2n) is 19.4. The van der Waals surface area contributed by atoms with Crippen molar-refractivity contribution >= 4 is 24.7 Å². The lowest BCUT2D eigenvalue weighted by molar-refractivity contribution is 0.290. The molecule has 0 heterocycles. The minimum absolute atomic E-state index is 0.539. The highest BCUT2D eigenvalue weighted by Gasteiger charge is 2.59. The van der Waals surface area contributed by atoms with Gasteiger partial charge in [-0.1, -0.05) is 132 Å². The van der Waals surface area contributed by atoms with Gasteiger partial charge in [0.25, 0.3) is 16.6 Å². The SMILES string of the molecule is C=CCCCC[Si](OC1=CC=CC2C1CC(C)C2[Si](C)(C)C1C(C)CC2C(O[Si](CCCCC=C)(C(C)C)C(C)C)=CC=CC21)(C(C)C)C(C)C. The lowest BCUT2D eigenvalue weighted by atomic mass is 9.89. The lowest BCUT2D eigenvalue weighted by Gasteiger charge is -2.47. The van der Waals surface area contributed by atoms with Gasteiger partial charge < -0.3 is 8.85 Å². The quantitative estimate of drug-likeness (QED) is 0.0701. The van der Waals surface area contributed by atoms with Gasteiger partial charge in [-0.3, -0.25) is 0 Å². The van der Waals surface area contributed by atoms with Crippen LogP contribution in [0.15, 0.2) is 73.3 Å². The molecule has 0 spiro atoms. The van der Waals surface area contributed by atoms with Crippen LogP contribution in [0.2, 0.25) is 58.4 Å². The number of unbranched alkanes of at least 4 members (excludes halogenated alkanes) is 4. The van der Waals surface area contributed by atoms with Crippen LogP contribution < -0.4 is 0 Å². The lowest BCUT2D eigenvalue weighted by Crippen LogP contribution is -2.47. The number of allylic oxidation sites excluding steroid dienone is 10. The zero-order valence-corrected chi connectivity index (χ0v) is 38.3. The molecule has 0 aromatic heterocycles. The van der Waals surface area contributed by atoms with E-state index in [1.54, 1.807) is 0 Å². The summed E-state index contributed by atoms with van der Waals surface area (Å²) in [6, 6.07) is 2.51. The molecule has 0 aliphatic heterocycles. The van der Waals surface area contributed by atoms with Crippen LogP contribution in [0.3, 0.4) is 0 Å². The number of hydrogen-bond donors (Lipinski definition) is 0. The Morgan fingerprint density at radius 1 is 0.627 bits per heavy atom. The number of rotatable bonds is 20. The summed E-state index contributed by atoms with van der Waals surface area (Å²) in [6.07, 6.45) is 28.8. The summed E-state index contributed by atoms with van der Waals surface area (Å²) in [5.41, 5.74) is 3.95. The molecule has 0 N–H and O–H groups in total. The fourth-order valence-electron chi connectivity index (χ4n) is 12.4. The third-order valence-corrected chi connectivity index (χ3v) is 31.5. The zero-order valence-electron chi connectivity index (χ0n) is 35.3. The Hall–Kier alpha value is -1.31. The van der Waals surface area contributed by atoms with E-state index in [0.29, 0.717) is 45.8 Å². The highest BCUT2D eigenvalue weighted by atomic mass is 28.4. The number of fused-ring (bicyclic) bond motifs is 2. The van der Waals surface area contributed by atoms with Crippen molar-refractivity contribution in [2.24, 2.45) is 35.5 Å². The van der Waals surface area contributed by atoms with E-state index >= 15 is 0 Å². The van der Waals surface area contributed by atoms with Crippen LogP contribution in [-0.4, -0.2) is 24.7 Å². The van der Waals surface area contributed by atoms with Gasteiger partial charge in [0.1, 0.15) is 0 Å². The maximum Gasteiger partial charge on any atom is 0.255 e. The first kappa shape index (κ1) is 42.4. The van der Waals surface area contributed by atoms with Crippen LogP contribution in [0.5, 0.6) is 0 Å². The van der Waals surface area contributed by atoms with Gasteiger partial charge >= 0.3 is 0 Å². The molecule has 2 nitrogen and oxygen atoms in total. The molecule has 288 valence electrons. The Morgan fingerprint density at radius 3 is 1.29 bits per heavy atom. The largest absolute Gasteiger partial charge is 0.546 e. The highest BCUT2D eigenvalue weighted by molar-refractivity contribution is 6.80. The molecule has 5 heteroatoms. The van der Waals surface area contributed by atoms with Crippen molar-refractivity contribution in [3.63, 3.8) is 0 Å². The van der Waals surface area contributed by atoms with E-state index in [2.05, 4.69) is 144 Å². The average molecular weight is 749 g/mol. The van der Waals surface area contributed by atoms with E-state index in [1.165, 1.54) is 62.1 Å². The Labute approximate surface area is 320 Å².